The molecule has 0 unspecified atom stereocenters. The Hall–Kier alpha value is -2.57. The predicted octanol–water partition coefficient (Wildman–Crippen LogP) is 1.68. The molecule has 0 radical (unpaired) electrons. The number of nitrogens with zero attached hydrogens (tertiary/aromatic N) is 3. The zero-order chi connectivity index (χ0) is 17.3. The van der Waals surface area contributed by atoms with Crippen LogP contribution in [-0.4, -0.2) is 64.4 Å². The molecule has 0 saturated carbocycles. The van der Waals surface area contributed by atoms with E-state index in [-0.39, 0.29) is 31.1 Å². The maximum Gasteiger partial charge on any atom is 0.410 e. The summed E-state index contributed by atoms with van der Waals surface area (Å²) in [5, 5.41) is 0. The summed E-state index contributed by atoms with van der Waals surface area (Å²) < 4.78 is 5.31. The highest BCUT2D eigenvalue weighted by Crippen LogP contribution is 2.24. The highest BCUT2D eigenvalue weighted by molar-refractivity contribution is 6.05. The smallest absolute Gasteiger partial charge is 0.410 e. The van der Waals surface area contributed by atoms with Gasteiger partial charge in [0.2, 0.25) is 0 Å². The van der Waals surface area contributed by atoms with Crippen LogP contribution in [0.15, 0.2) is 30.3 Å². The third kappa shape index (κ3) is 2.93. The number of benzene rings is 1. The van der Waals surface area contributed by atoms with Crippen LogP contribution in [-0.2, 0) is 16.1 Å². The van der Waals surface area contributed by atoms with E-state index in [2.05, 4.69) is 0 Å². The van der Waals surface area contributed by atoms with Crippen molar-refractivity contribution < 1.29 is 19.1 Å². The van der Waals surface area contributed by atoms with Gasteiger partial charge in [0.1, 0.15) is 12.6 Å². The van der Waals surface area contributed by atoms with E-state index in [1.165, 1.54) is 9.80 Å². The van der Waals surface area contributed by atoms with Gasteiger partial charge in [-0.3, -0.25) is 9.69 Å². The summed E-state index contributed by atoms with van der Waals surface area (Å²) in [5.74, 6) is -0.240. The van der Waals surface area contributed by atoms with Gasteiger partial charge < -0.3 is 14.5 Å². The van der Waals surface area contributed by atoms with Gasteiger partial charge in [-0.15, -0.1) is 0 Å². The number of imide groups is 1. The minimum Gasteiger partial charge on any atom is -0.445 e. The van der Waals surface area contributed by atoms with Crippen LogP contribution < -0.4 is 0 Å². The van der Waals surface area contributed by atoms with Gasteiger partial charge in [-0.1, -0.05) is 30.3 Å². The Kier molecular flexibility index (Phi) is 4.42. The number of rotatable bonds is 3. The number of carbonyl (C=O) groups is 3. The summed E-state index contributed by atoms with van der Waals surface area (Å²) >= 11 is 0. The number of hydrogen-bond acceptors (Lipinski definition) is 4. The fourth-order valence-electron chi connectivity index (χ4n) is 3.07. The summed E-state index contributed by atoms with van der Waals surface area (Å²) in [6.07, 6.45) is -0.457. The van der Waals surface area contributed by atoms with Crippen molar-refractivity contribution in [3.8, 4) is 0 Å². The number of urea groups is 1. The topological polar surface area (TPSA) is 70.2 Å². The average molecular weight is 331 g/mol. The first kappa shape index (κ1) is 16.3. The number of hydrogen-bond donors (Lipinski definition) is 0. The normalized spacial score (nSPS) is 20.6. The van der Waals surface area contributed by atoms with Crippen LogP contribution in [0.1, 0.15) is 19.4 Å². The fourth-order valence-corrected chi connectivity index (χ4v) is 3.07. The van der Waals surface area contributed by atoms with Crippen LogP contribution >= 0.6 is 0 Å². The van der Waals surface area contributed by atoms with Crippen molar-refractivity contribution in [3.05, 3.63) is 35.9 Å². The van der Waals surface area contributed by atoms with Gasteiger partial charge in [0.05, 0.1) is 6.54 Å². The minimum atomic E-state index is -0.599. The average Bonchev–Trinajstić information content (AvgIpc) is 2.84. The Morgan fingerprint density at radius 2 is 1.92 bits per heavy atom. The molecule has 0 bridgehead atoms. The van der Waals surface area contributed by atoms with E-state index < -0.39 is 12.1 Å². The zero-order valence-corrected chi connectivity index (χ0v) is 13.8. The van der Waals surface area contributed by atoms with Crippen molar-refractivity contribution in [1.82, 2.24) is 14.7 Å². The zero-order valence-electron chi connectivity index (χ0n) is 13.8. The number of fused-ring (bicyclic) bond motifs is 1. The maximum absolute atomic E-state index is 12.4. The lowest BCUT2D eigenvalue weighted by atomic mass is 10.2. The molecule has 2 aliphatic heterocycles. The second-order valence-corrected chi connectivity index (χ2v) is 6.28. The second kappa shape index (κ2) is 6.51. The SMILES string of the molecule is CC(C)N1C(=O)[C@H]2CN(C(=O)OCc3ccccc3)CCN2C1=O. The van der Waals surface area contributed by atoms with Gasteiger partial charge in [-0.2, -0.15) is 0 Å². The Balaban J connectivity index is 1.61. The van der Waals surface area contributed by atoms with Crippen molar-refractivity contribution in [2.75, 3.05) is 19.6 Å². The summed E-state index contributed by atoms with van der Waals surface area (Å²) in [5.41, 5.74) is 0.905. The third-order valence-electron chi connectivity index (χ3n) is 4.33. The van der Waals surface area contributed by atoms with E-state index in [9.17, 15) is 14.4 Å². The molecular formula is C17H21N3O4. The highest BCUT2D eigenvalue weighted by atomic mass is 16.6. The van der Waals surface area contributed by atoms with Gasteiger partial charge >= 0.3 is 12.1 Å². The van der Waals surface area contributed by atoms with Gasteiger partial charge in [0.15, 0.2) is 0 Å². The van der Waals surface area contributed by atoms with Crippen molar-refractivity contribution in [1.29, 1.82) is 0 Å². The lowest BCUT2D eigenvalue weighted by Crippen LogP contribution is -2.54. The molecule has 2 aliphatic rings. The minimum absolute atomic E-state index is 0.182. The van der Waals surface area contributed by atoms with Gasteiger partial charge in [0, 0.05) is 19.1 Å². The molecule has 0 aliphatic carbocycles. The molecule has 2 fully saturated rings. The first-order valence-electron chi connectivity index (χ1n) is 8.08. The quantitative estimate of drug-likeness (QED) is 0.790. The van der Waals surface area contributed by atoms with Crippen LogP contribution in [0.25, 0.3) is 0 Å². The molecule has 24 heavy (non-hydrogen) atoms. The standard InChI is InChI=1S/C17H21N3O4/c1-12(2)20-15(21)14-10-18(8-9-19(14)16(20)22)17(23)24-11-13-6-4-3-5-7-13/h3-7,12,14H,8-11H2,1-2H3/t14-/m1/s1. The van der Waals surface area contributed by atoms with Crippen LogP contribution in [0.2, 0.25) is 0 Å². The molecule has 3 rings (SSSR count). The molecule has 1 aromatic rings. The summed E-state index contributed by atoms with van der Waals surface area (Å²) in [7, 11) is 0. The monoisotopic (exact) mass is 331 g/mol. The van der Waals surface area contributed by atoms with E-state index in [0.29, 0.717) is 13.1 Å². The van der Waals surface area contributed by atoms with Gasteiger partial charge in [0.25, 0.3) is 5.91 Å². The lowest BCUT2D eigenvalue weighted by Gasteiger charge is -2.34. The molecule has 0 aromatic heterocycles. The van der Waals surface area contributed by atoms with Gasteiger partial charge in [-0.05, 0) is 19.4 Å². The number of piperazine rings is 1. The van der Waals surface area contributed by atoms with E-state index >= 15 is 0 Å². The third-order valence-corrected chi connectivity index (χ3v) is 4.33. The Morgan fingerprint density at radius 3 is 2.58 bits per heavy atom. The van der Waals surface area contributed by atoms with Crippen molar-refractivity contribution >= 4 is 18.0 Å². The molecule has 2 saturated heterocycles. The Bertz CT molecular complexity index is 646. The van der Waals surface area contributed by atoms with Crippen LogP contribution in [0.3, 0.4) is 0 Å². The van der Waals surface area contributed by atoms with Crippen molar-refractivity contribution in [2.45, 2.75) is 32.5 Å². The first-order chi connectivity index (χ1) is 11.5. The fraction of sp³-hybridized carbons (Fsp3) is 0.471. The van der Waals surface area contributed by atoms with Crippen LogP contribution in [0.5, 0.6) is 0 Å². The summed E-state index contributed by atoms with van der Waals surface area (Å²) in [6, 6.07) is 8.37. The Labute approximate surface area is 140 Å². The molecule has 0 N–H and O–H groups in total. The van der Waals surface area contributed by atoms with Crippen LogP contribution in [0.4, 0.5) is 9.59 Å². The van der Waals surface area contributed by atoms with Gasteiger partial charge in [-0.25, -0.2) is 9.59 Å². The predicted molar refractivity (Wildman–Crippen MR) is 86.1 cm³/mol. The van der Waals surface area contributed by atoms with E-state index in [0.717, 1.165) is 5.56 Å². The number of carbonyl (C=O) groups excluding carboxylic acids is 3. The molecular weight excluding hydrogens is 310 g/mol. The van der Waals surface area contributed by atoms with Crippen molar-refractivity contribution in [3.63, 3.8) is 0 Å². The number of amides is 4. The molecule has 0 spiro atoms. The van der Waals surface area contributed by atoms with E-state index in [1.54, 1.807) is 18.7 Å². The highest BCUT2D eigenvalue weighted by Gasteiger charge is 2.49. The lowest BCUT2D eigenvalue weighted by molar-refractivity contribution is -0.130. The molecule has 4 amide bonds. The largest absolute Gasteiger partial charge is 0.445 e. The van der Waals surface area contributed by atoms with E-state index in [1.807, 2.05) is 30.3 Å². The molecule has 7 nitrogen and oxygen atoms in total. The number of ether oxygens (including phenoxy) is 1. The Morgan fingerprint density at radius 1 is 1.21 bits per heavy atom. The second-order valence-electron chi connectivity index (χ2n) is 6.28. The molecule has 128 valence electrons. The molecule has 2 heterocycles. The summed E-state index contributed by atoms with van der Waals surface area (Å²) in [4.78, 5) is 41.2. The molecule has 1 atom stereocenters. The molecule has 1 aromatic carbocycles. The van der Waals surface area contributed by atoms with Crippen LogP contribution in [0, 0.1) is 0 Å². The molecule has 7 heteroatoms. The van der Waals surface area contributed by atoms with E-state index in [4.69, 9.17) is 4.74 Å². The summed E-state index contributed by atoms with van der Waals surface area (Å²) in [6.45, 7) is 4.70. The van der Waals surface area contributed by atoms with Crippen molar-refractivity contribution in [2.24, 2.45) is 0 Å². The maximum atomic E-state index is 12.4. The first-order valence-corrected chi connectivity index (χ1v) is 8.08.